The molecule has 0 aromatic heterocycles. The molecule has 0 atom stereocenters. The summed E-state index contributed by atoms with van der Waals surface area (Å²) in [7, 11) is 1.64. The predicted octanol–water partition coefficient (Wildman–Crippen LogP) is 3.78. The maximum absolute atomic E-state index is 9.20. The first-order chi connectivity index (χ1) is 8.69. The van der Waals surface area contributed by atoms with Crippen molar-refractivity contribution in [3.63, 3.8) is 0 Å². The molecule has 2 aromatic carbocycles. The van der Waals surface area contributed by atoms with E-state index >= 15 is 0 Å². The fourth-order valence-electron chi connectivity index (χ4n) is 1.59. The lowest BCUT2D eigenvalue weighted by molar-refractivity contribution is 0.412. The molecule has 0 amide bonds. The minimum atomic E-state index is 0.283. The van der Waals surface area contributed by atoms with Crippen LogP contribution in [0.2, 0.25) is 0 Å². The largest absolute Gasteiger partial charge is 0.508 e. The van der Waals surface area contributed by atoms with Crippen molar-refractivity contribution in [2.24, 2.45) is 0 Å². The summed E-state index contributed by atoms with van der Waals surface area (Å²) in [4.78, 5) is 0. The number of nitrogens with one attached hydrogen (secondary N) is 1. The van der Waals surface area contributed by atoms with Gasteiger partial charge in [0.15, 0.2) is 0 Å². The highest BCUT2D eigenvalue weighted by Crippen LogP contribution is 2.27. The summed E-state index contributed by atoms with van der Waals surface area (Å²) >= 11 is 3.45. The normalized spacial score (nSPS) is 10.1. The Morgan fingerprint density at radius 3 is 2.50 bits per heavy atom. The lowest BCUT2D eigenvalue weighted by Crippen LogP contribution is -1.99. The molecule has 3 nitrogen and oxygen atoms in total. The average molecular weight is 308 g/mol. The first kappa shape index (κ1) is 12.8. The quantitative estimate of drug-likeness (QED) is 0.903. The van der Waals surface area contributed by atoms with Crippen molar-refractivity contribution in [3.05, 3.63) is 52.5 Å². The molecule has 2 aromatic rings. The molecule has 0 aliphatic carbocycles. The molecule has 0 aliphatic heterocycles. The van der Waals surface area contributed by atoms with Gasteiger partial charge in [-0.25, -0.2) is 0 Å². The fourth-order valence-corrected chi connectivity index (χ4v) is 2.13. The molecule has 0 spiro atoms. The number of benzene rings is 2. The third-order valence-electron chi connectivity index (χ3n) is 2.58. The van der Waals surface area contributed by atoms with Gasteiger partial charge in [0.05, 0.1) is 11.6 Å². The van der Waals surface area contributed by atoms with E-state index < -0.39 is 0 Å². The van der Waals surface area contributed by atoms with Crippen LogP contribution in [0, 0.1) is 0 Å². The molecule has 0 bridgehead atoms. The van der Waals surface area contributed by atoms with Crippen LogP contribution in [0.15, 0.2) is 46.9 Å². The van der Waals surface area contributed by atoms with Crippen molar-refractivity contribution >= 4 is 21.6 Å². The second kappa shape index (κ2) is 5.78. The molecule has 2 rings (SSSR count). The van der Waals surface area contributed by atoms with Crippen LogP contribution in [0.3, 0.4) is 0 Å². The van der Waals surface area contributed by atoms with Crippen LogP contribution in [-0.4, -0.2) is 12.2 Å². The van der Waals surface area contributed by atoms with Gasteiger partial charge in [-0.2, -0.15) is 0 Å². The Balaban J connectivity index is 2.02. The van der Waals surface area contributed by atoms with E-state index in [0.29, 0.717) is 6.54 Å². The van der Waals surface area contributed by atoms with Crippen molar-refractivity contribution in [1.82, 2.24) is 0 Å². The monoisotopic (exact) mass is 307 g/mol. The van der Waals surface area contributed by atoms with Gasteiger partial charge in [0.2, 0.25) is 0 Å². The summed E-state index contributed by atoms with van der Waals surface area (Å²) in [5.74, 6) is 1.09. The molecule has 0 heterocycles. The van der Waals surface area contributed by atoms with Crippen molar-refractivity contribution < 1.29 is 9.84 Å². The molecule has 0 radical (unpaired) electrons. The summed E-state index contributed by atoms with van der Waals surface area (Å²) < 4.78 is 6.09. The minimum Gasteiger partial charge on any atom is -0.508 e. The number of phenolic OH excluding ortho intramolecular Hbond substituents is 1. The lowest BCUT2D eigenvalue weighted by Gasteiger charge is -2.09. The van der Waals surface area contributed by atoms with E-state index in [0.717, 1.165) is 21.5 Å². The molecule has 0 unspecified atom stereocenters. The van der Waals surface area contributed by atoms with E-state index in [4.69, 9.17) is 4.74 Å². The third-order valence-corrected chi connectivity index (χ3v) is 3.20. The van der Waals surface area contributed by atoms with E-state index in [-0.39, 0.29) is 5.75 Å². The van der Waals surface area contributed by atoms with Crippen LogP contribution in [0.4, 0.5) is 5.69 Å². The molecule has 0 saturated carbocycles. The Hall–Kier alpha value is -1.68. The molecule has 0 aliphatic rings. The van der Waals surface area contributed by atoms with Gasteiger partial charge in [0, 0.05) is 12.2 Å². The highest BCUT2D eigenvalue weighted by atomic mass is 79.9. The number of methoxy groups -OCH3 is 1. The number of hydrogen-bond donors (Lipinski definition) is 2. The molecular formula is C14H14BrNO2. The average Bonchev–Trinajstić information content (AvgIpc) is 2.38. The van der Waals surface area contributed by atoms with E-state index in [1.807, 2.05) is 30.3 Å². The van der Waals surface area contributed by atoms with Crippen molar-refractivity contribution in [2.75, 3.05) is 12.4 Å². The van der Waals surface area contributed by atoms with Crippen LogP contribution in [-0.2, 0) is 6.54 Å². The van der Waals surface area contributed by atoms with Gasteiger partial charge in [0.1, 0.15) is 11.5 Å². The second-order valence-corrected chi connectivity index (χ2v) is 4.72. The minimum absolute atomic E-state index is 0.283. The second-order valence-electron chi connectivity index (χ2n) is 3.87. The molecule has 18 heavy (non-hydrogen) atoms. The number of aromatic hydroxyl groups is 1. The summed E-state index contributed by atoms with van der Waals surface area (Å²) in [5, 5.41) is 12.5. The van der Waals surface area contributed by atoms with Crippen molar-refractivity contribution in [1.29, 1.82) is 0 Å². The van der Waals surface area contributed by atoms with Gasteiger partial charge in [0.25, 0.3) is 0 Å². The SMILES string of the molecule is COc1ccc(NCc2ccc(O)cc2)cc1Br. The molecule has 4 heteroatoms. The van der Waals surface area contributed by atoms with Crippen LogP contribution in [0.1, 0.15) is 5.56 Å². The number of halogens is 1. The maximum Gasteiger partial charge on any atom is 0.133 e. The number of anilines is 1. The summed E-state index contributed by atoms with van der Waals surface area (Å²) in [5.41, 5.74) is 2.12. The van der Waals surface area contributed by atoms with Gasteiger partial charge in [-0.3, -0.25) is 0 Å². The molecular weight excluding hydrogens is 294 g/mol. The zero-order valence-electron chi connectivity index (χ0n) is 9.98. The van der Waals surface area contributed by atoms with Gasteiger partial charge in [-0.05, 0) is 51.8 Å². The van der Waals surface area contributed by atoms with Crippen LogP contribution in [0.25, 0.3) is 0 Å². The fraction of sp³-hybridized carbons (Fsp3) is 0.143. The van der Waals surface area contributed by atoms with Gasteiger partial charge in [-0.1, -0.05) is 12.1 Å². The Morgan fingerprint density at radius 2 is 1.89 bits per heavy atom. The Kier molecular flexibility index (Phi) is 4.10. The van der Waals surface area contributed by atoms with E-state index in [2.05, 4.69) is 21.2 Å². The number of ether oxygens (including phenoxy) is 1. The molecule has 94 valence electrons. The number of rotatable bonds is 4. The summed E-state index contributed by atoms with van der Waals surface area (Å²) in [6.45, 7) is 0.707. The van der Waals surface area contributed by atoms with Crippen LogP contribution in [0.5, 0.6) is 11.5 Å². The van der Waals surface area contributed by atoms with Gasteiger partial charge in [-0.15, -0.1) is 0 Å². The predicted molar refractivity (Wildman–Crippen MR) is 76.1 cm³/mol. The summed E-state index contributed by atoms with van der Waals surface area (Å²) in [6, 6.07) is 13.0. The Bertz CT molecular complexity index is 526. The van der Waals surface area contributed by atoms with E-state index in [1.165, 1.54) is 0 Å². The first-order valence-electron chi connectivity index (χ1n) is 5.54. The van der Waals surface area contributed by atoms with Gasteiger partial charge >= 0.3 is 0 Å². The molecule has 2 N–H and O–H groups in total. The highest BCUT2D eigenvalue weighted by Gasteiger charge is 2.01. The van der Waals surface area contributed by atoms with Crippen LogP contribution >= 0.6 is 15.9 Å². The third kappa shape index (κ3) is 3.17. The van der Waals surface area contributed by atoms with Crippen LogP contribution < -0.4 is 10.1 Å². The summed E-state index contributed by atoms with van der Waals surface area (Å²) in [6.07, 6.45) is 0. The smallest absolute Gasteiger partial charge is 0.133 e. The lowest BCUT2D eigenvalue weighted by atomic mass is 10.2. The zero-order valence-corrected chi connectivity index (χ0v) is 11.6. The van der Waals surface area contributed by atoms with Crippen molar-refractivity contribution in [3.8, 4) is 11.5 Å². The number of hydrogen-bond acceptors (Lipinski definition) is 3. The maximum atomic E-state index is 9.20. The highest BCUT2D eigenvalue weighted by molar-refractivity contribution is 9.10. The molecule has 0 saturated heterocycles. The van der Waals surface area contributed by atoms with E-state index in [1.54, 1.807) is 19.2 Å². The standard InChI is InChI=1S/C14H14BrNO2/c1-18-14-7-4-11(8-13(14)15)16-9-10-2-5-12(17)6-3-10/h2-8,16-17H,9H2,1H3. The van der Waals surface area contributed by atoms with E-state index in [9.17, 15) is 5.11 Å². The topological polar surface area (TPSA) is 41.5 Å². The molecule has 0 fully saturated rings. The zero-order chi connectivity index (χ0) is 13.0. The van der Waals surface area contributed by atoms with Gasteiger partial charge < -0.3 is 15.2 Å². The Labute approximate surface area is 115 Å². The first-order valence-corrected chi connectivity index (χ1v) is 6.33. The Morgan fingerprint density at radius 1 is 1.17 bits per heavy atom. The van der Waals surface area contributed by atoms with Crippen molar-refractivity contribution in [2.45, 2.75) is 6.54 Å². The number of phenols is 1.